The largest absolute Gasteiger partial charge is 0.250 e. The van der Waals surface area contributed by atoms with Crippen LogP contribution in [0.15, 0.2) is 6.33 Å². The molecule has 80 valence electrons. The van der Waals surface area contributed by atoms with Crippen molar-refractivity contribution < 1.29 is 0 Å². The molecule has 14 heavy (non-hydrogen) atoms. The van der Waals surface area contributed by atoms with Gasteiger partial charge in [0.15, 0.2) is 0 Å². The Morgan fingerprint density at radius 2 is 2.14 bits per heavy atom. The van der Waals surface area contributed by atoms with Gasteiger partial charge in [0.1, 0.15) is 12.2 Å². The topological polar surface area (TPSA) is 30.7 Å². The Balaban J connectivity index is 2.60. The summed E-state index contributed by atoms with van der Waals surface area (Å²) < 4.78 is 1.92. The average molecular weight is 236 g/mol. The molecule has 0 atom stereocenters. The molecule has 0 amide bonds. The fourth-order valence-electron chi connectivity index (χ4n) is 1.25. The first-order valence-corrected chi connectivity index (χ1v) is 5.87. The van der Waals surface area contributed by atoms with E-state index in [2.05, 4.69) is 17.0 Å². The molecule has 0 aliphatic rings. The van der Waals surface area contributed by atoms with Crippen LogP contribution in [0.3, 0.4) is 0 Å². The fourth-order valence-corrected chi connectivity index (χ4v) is 1.80. The normalized spacial score (nSPS) is 11.1. The first-order valence-electron chi connectivity index (χ1n) is 4.80. The number of rotatable bonds is 6. The first-order chi connectivity index (χ1) is 6.81. The molecule has 0 aliphatic heterocycles. The summed E-state index contributed by atoms with van der Waals surface area (Å²) in [7, 11) is 0. The van der Waals surface area contributed by atoms with Crippen molar-refractivity contribution in [3.63, 3.8) is 0 Å². The van der Waals surface area contributed by atoms with E-state index >= 15 is 0 Å². The van der Waals surface area contributed by atoms with Gasteiger partial charge in [-0.1, -0.05) is 6.92 Å². The number of alkyl halides is 2. The van der Waals surface area contributed by atoms with E-state index in [1.807, 2.05) is 4.68 Å². The highest BCUT2D eigenvalue weighted by molar-refractivity contribution is 6.20. The van der Waals surface area contributed by atoms with Gasteiger partial charge >= 0.3 is 0 Å². The molecule has 0 saturated carbocycles. The van der Waals surface area contributed by atoms with Crippen molar-refractivity contribution in [3.05, 3.63) is 12.2 Å². The van der Waals surface area contributed by atoms with Crippen molar-refractivity contribution in [2.45, 2.75) is 26.3 Å². The molecule has 1 heterocycles. The highest BCUT2D eigenvalue weighted by atomic mass is 35.5. The minimum atomic E-state index is 0.290. The lowest BCUT2D eigenvalue weighted by atomic mass is 10.1. The van der Waals surface area contributed by atoms with Gasteiger partial charge in [-0.25, -0.2) is 4.98 Å². The van der Waals surface area contributed by atoms with E-state index in [-0.39, 0.29) is 5.92 Å². The molecule has 3 nitrogen and oxygen atoms in total. The maximum absolute atomic E-state index is 5.77. The lowest BCUT2D eigenvalue weighted by Gasteiger charge is -2.10. The third-order valence-corrected chi connectivity index (χ3v) is 2.91. The fraction of sp³-hybridized carbons (Fsp3) is 0.778. The maximum atomic E-state index is 5.77. The van der Waals surface area contributed by atoms with Crippen molar-refractivity contribution in [1.82, 2.24) is 14.8 Å². The summed E-state index contributed by atoms with van der Waals surface area (Å²) in [6.07, 6.45) is 3.46. The third-order valence-electron chi connectivity index (χ3n) is 2.04. The van der Waals surface area contributed by atoms with Crippen LogP contribution in [0.1, 0.15) is 19.2 Å². The molecule has 0 N–H and O–H groups in total. The number of aryl methyl sites for hydroxylation is 1. The summed E-state index contributed by atoms with van der Waals surface area (Å²) >= 11 is 11.5. The number of hydrogen-bond acceptors (Lipinski definition) is 2. The molecule has 0 aliphatic carbocycles. The molecule has 0 aromatic carbocycles. The number of nitrogens with zero attached hydrogens (tertiary/aromatic N) is 3. The SMILES string of the molecule is CCCn1ncnc1CC(CCl)CCl. The molecule has 1 aromatic heterocycles. The minimum Gasteiger partial charge on any atom is -0.250 e. The van der Waals surface area contributed by atoms with Crippen LogP contribution in [-0.2, 0) is 13.0 Å². The summed E-state index contributed by atoms with van der Waals surface area (Å²) in [6, 6.07) is 0. The van der Waals surface area contributed by atoms with Crippen molar-refractivity contribution in [2.24, 2.45) is 5.92 Å². The smallest absolute Gasteiger partial charge is 0.138 e. The van der Waals surface area contributed by atoms with Crippen LogP contribution < -0.4 is 0 Å². The van der Waals surface area contributed by atoms with Crippen LogP contribution in [0.5, 0.6) is 0 Å². The van der Waals surface area contributed by atoms with Crippen molar-refractivity contribution in [2.75, 3.05) is 11.8 Å². The summed E-state index contributed by atoms with van der Waals surface area (Å²) in [5.41, 5.74) is 0. The second kappa shape index (κ2) is 6.25. The standard InChI is InChI=1S/C9H15Cl2N3/c1-2-3-14-9(12-7-13-14)4-8(5-10)6-11/h7-8H,2-6H2,1H3. The average Bonchev–Trinajstić information content (AvgIpc) is 2.62. The van der Waals surface area contributed by atoms with Crippen LogP contribution in [0.4, 0.5) is 0 Å². The second-order valence-electron chi connectivity index (χ2n) is 3.28. The van der Waals surface area contributed by atoms with Gasteiger partial charge in [-0.15, -0.1) is 23.2 Å². The van der Waals surface area contributed by atoms with Crippen molar-refractivity contribution in [1.29, 1.82) is 0 Å². The van der Waals surface area contributed by atoms with E-state index < -0.39 is 0 Å². The van der Waals surface area contributed by atoms with Gasteiger partial charge in [-0.3, -0.25) is 4.68 Å². The molecule has 1 aromatic rings. The van der Waals surface area contributed by atoms with Crippen LogP contribution in [0, 0.1) is 5.92 Å². The lowest BCUT2D eigenvalue weighted by molar-refractivity contribution is 0.533. The van der Waals surface area contributed by atoms with E-state index in [4.69, 9.17) is 23.2 Å². The lowest BCUT2D eigenvalue weighted by Crippen LogP contribution is -2.14. The second-order valence-corrected chi connectivity index (χ2v) is 3.90. The molecular weight excluding hydrogens is 221 g/mol. The van der Waals surface area contributed by atoms with Gasteiger partial charge in [0.2, 0.25) is 0 Å². The Kier molecular flexibility index (Phi) is 5.26. The summed E-state index contributed by atoms with van der Waals surface area (Å²) in [5, 5.41) is 4.15. The van der Waals surface area contributed by atoms with E-state index in [1.54, 1.807) is 6.33 Å². The van der Waals surface area contributed by atoms with Crippen LogP contribution in [0.2, 0.25) is 0 Å². The molecule has 1 rings (SSSR count). The monoisotopic (exact) mass is 235 g/mol. The van der Waals surface area contributed by atoms with Gasteiger partial charge in [0.25, 0.3) is 0 Å². The Morgan fingerprint density at radius 3 is 2.71 bits per heavy atom. The number of aromatic nitrogens is 3. The Bertz CT molecular complexity index is 258. The van der Waals surface area contributed by atoms with Crippen LogP contribution in [-0.4, -0.2) is 26.5 Å². The van der Waals surface area contributed by atoms with Crippen molar-refractivity contribution in [3.8, 4) is 0 Å². The molecule has 0 spiro atoms. The molecule has 0 saturated heterocycles. The van der Waals surface area contributed by atoms with Gasteiger partial charge in [0.05, 0.1) is 0 Å². The predicted octanol–water partition coefficient (Wildman–Crippen LogP) is 2.32. The van der Waals surface area contributed by atoms with Gasteiger partial charge in [-0.05, 0) is 12.3 Å². The summed E-state index contributed by atoms with van der Waals surface area (Å²) in [6.45, 7) is 3.03. The quantitative estimate of drug-likeness (QED) is 0.709. The van der Waals surface area contributed by atoms with Gasteiger partial charge in [-0.2, -0.15) is 5.10 Å². The van der Waals surface area contributed by atoms with E-state index in [1.165, 1.54) is 0 Å². The Labute approximate surface area is 94.4 Å². The minimum absolute atomic E-state index is 0.290. The van der Waals surface area contributed by atoms with Crippen LogP contribution >= 0.6 is 23.2 Å². The zero-order chi connectivity index (χ0) is 10.4. The van der Waals surface area contributed by atoms with E-state index in [0.717, 1.165) is 25.2 Å². The highest BCUT2D eigenvalue weighted by Crippen LogP contribution is 2.10. The van der Waals surface area contributed by atoms with E-state index in [9.17, 15) is 0 Å². The predicted molar refractivity (Wildman–Crippen MR) is 58.9 cm³/mol. The molecule has 0 unspecified atom stereocenters. The maximum Gasteiger partial charge on any atom is 0.138 e. The van der Waals surface area contributed by atoms with Gasteiger partial charge < -0.3 is 0 Å². The Morgan fingerprint density at radius 1 is 1.43 bits per heavy atom. The number of hydrogen-bond donors (Lipinski definition) is 0. The summed E-state index contributed by atoms with van der Waals surface area (Å²) in [5.74, 6) is 2.42. The Hall–Kier alpha value is -0.280. The molecule has 0 fully saturated rings. The molecule has 0 bridgehead atoms. The summed E-state index contributed by atoms with van der Waals surface area (Å²) in [4.78, 5) is 4.21. The molecular formula is C9H15Cl2N3. The zero-order valence-corrected chi connectivity index (χ0v) is 9.80. The van der Waals surface area contributed by atoms with Crippen LogP contribution in [0.25, 0.3) is 0 Å². The highest BCUT2D eigenvalue weighted by Gasteiger charge is 2.11. The zero-order valence-electron chi connectivity index (χ0n) is 8.29. The van der Waals surface area contributed by atoms with Gasteiger partial charge in [0, 0.05) is 24.7 Å². The van der Waals surface area contributed by atoms with Crippen molar-refractivity contribution >= 4 is 23.2 Å². The van der Waals surface area contributed by atoms with E-state index in [0.29, 0.717) is 11.8 Å². The third kappa shape index (κ3) is 3.14. The number of halogens is 2. The molecule has 0 radical (unpaired) electrons. The first kappa shape index (κ1) is 11.8. The molecule has 5 heteroatoms.